The summed E-state index contributed by atoms with van der Waals surface area (Å²) in [6.07, 6.45) is 0. The Morgan fingerprint density at radius 1 is 1.17 bits per heavy atom. The van der Waals surface area contributed by atoms with E-state index in [1.54, 1.807) is 25.3 Å². The standard InChI is InChI=1S/C18H15N3O7S/c1-26-11-4-5-12-15(8-11)29-18(19-12)20-16(22)9-28-17(23)10-3-6-14(27-2)13(7-10)21(24)25/h3-8H,9H2,1-2H3,(H,19,20,22). The normalized spacial score (nSPS) is 10.4. The van der Waals surface area contributed by atoms with Crippen LogP contribution in [-0.4, -0.2) is 42.6 Å². The Kier molecular flexibility index (Phi) is 5.88. The van der Waals surface area contributed by atoms with Crippen LogP contribution in [0.25, 0.3) is 10.2 Å². The zero-order valence-corrected chi connectivity index (χ0v) is 16.1. The summed E-state index contributed by atoms with van der Waals surface area (Å²) in [5.74, 6) is -0.786. The van der Waals surface area contributed by atoms with Gasteiger partial charge in [-0.05, 0) is 30.3 Å². The number of rotatable bonds is 7. The number of hydrogen-bond donors (Lipinski definition) is 1. The molecule has 0 saturated carbocycles. The Bertz CT molecular complexity index is 1100. The number of nitro groups is 1. The van der Waals surface area contributed by atoms with Crippen molar-refractivity contribution in [2.24, 2.45) is 0 Å². The minimum Gasteiger partial charge on any atom is -0.497 e. The number of fused-ring (bicyclic) bond motifs is 1. The smallest absolute Gasteiger partial charge is 0.338 e. The summed E-state index contributed by atoms with van der Waals surface area (Å²) in [6.45, 7) is -0.572. The first-order chi connectivity index (χ1) is 13.9. The maximum Gasteiger partial charge on any atom is 0.338 e. The molecule has 1 heterocycles. The molecular formula is C18H15N3O7S. The number of nitro benzene ring substituents is 1. The number of carbonyl (C=O) groups is 2. The molecule has 10 nitrogen and oxygen atoms in total. The van der Waals surface area contributed by atoms with Crippen LogP contribution in [0.4, 0.5) is 10.8 Å². The van der Waals surface area contributed by atoms with Gasteiger partial charge in [0, 0.05) is 6.07 Å². The van der Waals surface area contributed by atoms with Crippen LogP contribution in [0.5, 0.6) is 11.5 Å². The summed E-state index contributed by atoms with van der Waals surface area (Å²) in [4.78, 5) is 38.8. The molecule has 0 aliphatic heterocycles. The molecule has 1 N–H and O–H groups in total. The van der Waals surface area contributed by atoms with Gasteiger partial charge >= 0.3 is 11.7 Å². The van der Waals surface area contributed by atoms with Crippen LogP contribution in [-0.2, 0) is 9.53 Å². The number of anilines is 1. The van der Waals surface area contributed by atoms with Gasteiger partial charge in [-0.2, -0.15) is 0 Å². The van der Waals surface area contributed by atoms with E-state index in [1.807, 2.05) is 0 Å². The summed E-state index contributed by atoms with van der Waals surface area (Å²) in [5, 5.41) is 13.9. The summed E-state index contributed by atoms with van der Waals surface area (Å²) in [5.41, 5.74) is 0.238. The molecule has 3 rings (SSSR count). The summed E-state index contributed by atoms with van der Waals surface area (Å²) in [7, 11) is 2.83. The van der Waals surface area contributed by atoms with Gasteiger partial charge in [-0.1, -0.05) is 11.3 Å². The van der Waals surface area contributed by atoms with Crippen molar-refractivity contribution in [1.29, 1.82) is 0 Å². The number of nitrogens with zero attached hydrogens (tertiary/aromatic N) is 2. The second kappa shape index (κ2) is 8.52. The van der Waals surface area contributed by atoms with Gasteiger partial charge in [0.25, 0.3) is 5.91 Å². The van der Waals surface area contributed by atoms with Gasteiger partial charge in [-0.25, -0.2) is 9.78 Å². The average Bonchev–Trinajstić information content (AvgIpc) is 3.12. The molecule has 3 aromatic rings. The molecule has 0 unspecified atom stereocenters. The van der Waals surface area contributed by atoms with Gasteiger partial charge in [-0.15, -0.1) is 0 Å². The number of esters is 1. The van der Waals surface area contributed by atoms with E-state index in [0.717, 1.165) is 10.8 Å². The van der Waals surface area contributed by atoms with Crippen molar-refractivity contribution in [3.63, 3.8) is 0 Å². The molecule has 0 bridgehead atoms. The summed E-state index contributed by atoms with van der Waals surface area (Å²) in [6, 6.07) is 8.93. The zero-order chi connectivity index (χ0) is 21.0. The molecule has 2 aromatic carbocycles. The van der Waals surface area contributed by atoms with Gasteiger partial charge in [0.15, 0.2) is 17.5 Å². The predicted molar refractivity (Wildman–Crippen MR) is 105 cm³/mol. The lowest BCUT2D eigenvalue weighted by Gasteiger charge is -2.06. The topological polar surface area (TPSA) is 130 Å². The highest BCUT2D eigenvalue weighted by Crippen LogP contribution is 2.29. The van der Waals surface area contributed by atoms with E-state index in [0.29, 0.717) is 16.4 Å². The van der Waals surface area contributed by atoms with Gasteiger partial charge in [0.1, 0.15) is 5.75 Å². The average molecular weight is 417 g/mol. The number of benzene rings is 2. The van der Waals surface area contributed by atoms with E-state index < -0.39 is 23.4 Å². The third-order valence-corrected chi connectivity index (χ3v) is 4.72. The minimum atomic E-state index is -0.875. The fourth-order valence-corrected chi connectivity index (χ4v) is 3.33. The molecular weight excluding hydrogens is 402 g/mol. The number of ether oxygens (including phenoxy) is 3. The first-order valence-corrected chi connectivity index (χ1v) is 8.97. The molecule has 0 fully saturated rings. The fraction of sp³-hybridized carbons (Fsp3) is 0.167. The summed E-state index contributed by atoms with van der Waals surface area (Å²) < 4.78 is 15.8. The monoisotopic (exact) mass is 417 g/mol. The Hall–Kier alpha value is -3.73. The molecule has 0 radical (unpaired) electrons. The van der Waals surface area contributed by atoms with Crippen molar-refractivity contribution in [2.75, 3.05) is 26.1 Å². The van der Waals surface area contributed by atoms with Crippen molar-refractivity contribution in [1.82, 2.24) is 4.98 Å². The van der Waals surface area contributed by atoms with Crippen molar-refractivity contribution in [3.05, 3.63) is 52.1 Å². The van der Waals surface area contributed by atoms with E-state index in [9.17, 15) is 19.7 Å². The second-order valence-electron chi connectivity index (χ2n) is 5.62. The number of hydrogen-bond acceptors (Lipinski definition) is 9. The van der Waals surface area contributed by atoms with Crippen LogP contribution >= 0.6 is 11.3 Å². The molecule has 150 valence electrons. The maximum atomic E-state index is 12.1. The predicted octanol–water partition coefficient (Wildman–Crippen LogP) is 3.02. The van der Waals surface area contributed by atoms with Crippen molar-refractivity contribution in [3.8, 4) is 11.5 Å². The first-order valence-electron chi connectivity index (χ1n) is 8.15. The molecule has 29 heavy (non-hydrogen) atoms. The Morgan fingerprint density at radius 2 is 1.97 bits per heavy atom. The van der Waals surface area contributed by atoms with Gasteiger partial charge < -0.3 is 14.2 Å². The van der Waals surface area contributed by atoms with Gasteiger partial charge in [0.2, 0.25) is 0 Å². The molecule has 0 atom stereocenters. The highest BCUT2D eigenvalue weighted by Gasteiger charge is 2.19. The van der Waals surface area contributed by atoms with Crippen LogP contribution in [0.3, 0.4) is 0 Å². The van der Waals surface area contributed by atoms with Crippen molar-refractivity contribution < 1.29 is 28.7 Å². The number of carbonyl (C=O) groups excluding carboxylic acids is 2. The lowest BCUT2D eigenvalue weighted by atomic mass is 10.2. The van der Waals surface area contributed by atoms with Crippen LogP contribution < -0.4 is 14.8 Å². The Labute approximate surface area is 168 Å². The van der Waals surface area contributed by atoms with Crippen LogP contribution in [0.1, 0.15) is 10.4 Å². The van der Waals surface area contributed by atoms with Gasteiger partial charge in [-0.3, -0.25) is 20.2 Å². The number of nitrogens with one attached hydrogen (secondary N) is 1. The molecule has 0 spiro atoms. The van der Waals surface area contributed by atoms with Crippen LogP contribution in [0.2, 0.25) is 0 Å². The minimum absolute atomic E-state index is 0.0109. The number of aromatic nitrogens is 1. The third-order valence-electron chi connectivity index (χ3n) is 3.79. The highest BCUT2D eigenvalue weighted by molar-refractivity contribution is 7.22. The largest absolute Gasteiger partial charge is 0.497 e. The Morgan fingerprint density at radius 3 is 2.66 bits per heavy atom. The molecule has 0 saturated heterocycles. The molecule has 11 heteroatoms. The molecule has 1 aromatic heterocycles. The second-order valence-corrected chi connectivity index (χ2v) is 6.65. The van der Waals surface area contributed by atoms with Crippen molar-refractivity contribution >= 4 is 44.2 Å². The van der Waals surface area contributed by atoms with Crippen molar-refractivity contribution in [2.45, 2.75) is 0 Å². The Balaban J connectivity index is 1.62. The van der Waals surface area contributed by atoms with E-state index in [4.69, 9.17) is 14.2 Å². The molecule has 0 aliphatic rings. The van der Waals surface area contributed by atoms with E-state index >= 15 is 0 Å². The third kappa shape index (κ3) is 4.58. The molecule has 1 amide bonds. The van der Waals surface area contributed by atoms with E-state index in [1.165, 1.54) is 30.6 Å². The summed E-state index contributed by atoms with van der Waals surface area (Å²) >= 11 is 1.24. The van der Waals surface area contributed by atoms with Gasteiger partial charge in [0.05, 0.1) is 34.9 Å². The van der Waals surface area contributed by atoms with E-state index in [-0.39, 0.29) is 17.0 Å². The number of methoxy groups -OCH3 is 2. The lowest BCUT2D eigenvalue weighted by Crippen LogP contribution is -2.20. The first kappa shape index (κ1) is 20.0. The fourth-order valence-electron chi connectivity index (χ4n) is 2.41. The quantitative estimate of drug-likeness (QED) is 0.353. The van der Waals surface area contributed by atoms with Crippen LogP contribution in [0, 0.1) is 10.1 Å². The highest BCUT2D eigenvalue weighted by atomic mass is 32.1. The number of thiazole rings is 1. The maximum absolute atomic E-state index is 12.1. The van der Waals surface area contributed by atoms with E-state index in [2.05, 4.69) is 10.3 Å². The zero-order valence-electron chi connectivity index (χ0n) is 15.3. The lowest BCUT2D eigenvalue weighted by molar-refractivity contribution is -0.385. The SMILES string of the molecule is COc1ccc2nc(NC(=O)COC(=O)c3ccc(OC)c([N+](=O)[O-])c3)sc2c1. The van der Waals surface area contributed by atoms with Crippen LogP contribution in [0.15, 0.2) is 36.4 Å². The number of amides is 1. The molecule has 0 aliphatic carbocycles.